The molecule has 1 atom stereocenters. The third kappa shape index (κ3) is 1.83. The van der Waals surface area contributed by atoms with Gasteiger partial charge in [0, 0.05) is 19.1 Å². The van der Waals surface area contributed by atoms with Crippen LogP contribution in [0.5, 0.6) is 0 Å². The summed E-state index contributed by atoms with van der Waals surface area (Å²) in [5.74, 6) is 0. The molecule has 3 rings (SSSR count). The molecular weight excluding hydrogens is 236 g/mol. The first-order chi connectivity index (χ1) is 8.18. The number of rotatable bonds is 0. The predicted molar refractivity (Wildman–Crippen MR) is 66.6 cm³/mol. The Morgan fingerprint density at radius 2 is 2.06 bits per heavy atom. The number of hydrogen-bond acceptors (Lipinski definition) is 3. The zero-order chi connectivity index (χ0) is 11.9. The van der Waals surface area contributed by atoms with Gasteiger partial charge in [-0.15, -0.1) is 0 Å². The molecule has 0 bridgehead atoms. The van der Waals surface area contributed by atoms with Crippen molar-refractivity contribution in [3.8, 4) is 0 Å². The van der Waals surface area contributed by atoms with Gasteiger partial charge in [0.15, 0.2) is 0 Å². The van der Waals surface area contributed by atoms with E-state index in [9.17, 15) is 8.42 Å². The molecule has 0 saturated carbocycles. The van der Waals surface area contributed by atoms with Gasteiger partial charge >= 0.3 is 0 Å². The minimum atomic E-state index is -3.33. The fraction of sp³-hybridized carbons (Fsp3) is 0.500. The first-order valence-corrected chi connectivity index (χ1v) is 7.52. The molecule has 0 amide bonds. The number of anilines is 1. The van der Waals surface area contributed by atoms with Crippen molar-refractivity contribution in [2.45, 2.75) is 30.2 Å². The van der Waals surface area contributed by atoms with Gasteiger partial charge < -0.3 is 4.90 Å². The van der Waals surface area contributed by atoms with Gasteiger partial charge in [-0.2, -0.15) is 0 Å². The van der Waals surface area contributed by atoms with Gasteiger partial charge in [0.25, 0.3) is 0 Å². The first-order valence-electron chi connectivity index (χ1n) is 6.04. The lowest BCUT2D eigenvalue weighted by Crippen LogP contribution is -2.44. The molecule has 1 saturated heterocycles. The van der Waals surface area contributed by atoms with E-state index in [0.717, 1.165) is 25.1 Å². The number of hydrogen-bond donors (Lipinski definition) is 1. The largest absolute Gasteiger partial charge is 0.366 e. The number of benzene rings is 1. The van der Waals surface area contributed by atoms with Crippen LogP contribution in [-0.4, -0.2) is 27.5 Å². The van der Waals surface area contributed by atoms with Gasteiger partial charge in [-0.05, 0) is 31.4 Å². The summed E-state index contributed by atoms with van der Waals surface area (Å²) in [6.07, 6.45) is 3.40. The standard InChI is InChI=1S/C12H16N2O2S/c15-17(16)12-7-2-1-6-11(12)14-8-4-3-5-10(14)9-13-17/h1-2,6-7,10,13H,3-5,8-9H2/t10-/m0/s1. The van der Waals surface area contributed by atoms with E-state index in [2.05, 4.69) is 9.62 Å². The van der Waals surface area contributed by atoms with Crippen LogP contribution in [0.25, 0.3) is 0 Å². The van der Waals surface area contributed by atoms with Crippen LogP contribution in [0.4, 0.5) is 5.69 Å². The molecule has 2 aliphatic rings. The molecule has 17 heavy (non-hydrogen) atoms. The van der Waals surface area contributed by atoms with Crippen LogP contribution in [0.1, 0.15) is 19.3 Å². The van der Waals surface area contributed by atoms with Crippen LogP contribution in [0.15, 0.2) is 29.2 Å². The summed E-state index contributed by atoms with van der Waals surface area (Å²) in [4.78, 5) is 2.67. The normalized spacial score (nSPS) is 26.8. The molecule has 0 aliphatic carbocycles. The number of nitrogens with one attached hydrogen (secondary N) is 1. The minimum Gasteiger partial charge on any atom is -0.366 e. The molecule has 1 fully saturated rings. The SMILES string of the molecule is O=S1(=O)NC[C@@H]2CCCCN2c2ccccc21. The second-order valence-electron chi connectivity index (χ2n) is 4.66. The third-order valence-corrected chi connectivity index (χ3v) is 5.07. The van der Waals surface area contributed by atoms with E-state index in [0.29, 0.717) is 17.5 Å². The molecule has 92 valence electrons. The molecule has 4 nitrogen and oxygen atoms in total. The summed E-state index contributed by atoms with van der Waals surface area (Å²) in [5, 5.41) is 0. The average Bonchev–Trinajstić information content (AvgIpc) is 2.47. The summed E-state index contributed by atoms with van der Waals surface area (Å²) in [6, 6.07) is 7.60. The maximum Gasteiger partial charge on any atom is 0.242 e. The van der Waals surface area contributed by atoms with Crippen LogP contribution in [0.3, 0.4) is 0 Å². The van der Waals surface area contributed by atoms with Crippen molar-refractivity contribution in [2.24, 2.45) is 0 Å². The third-order valence-electron chi connectivity index (χ3n) is 3.60. The molecule has 0 unspecified atom stereocenters. The van der Waals surface area contributed by atoms with Crippen molar-refractivity contribution in [1.82, 2.24) is 4.72 Å². The molecule has 1 aromatic rings. The molecule has 2 heterocycles. The van der Waals surface area contributed by atoms with E-state index >= 15 is 0 Å². The Morgan fingerprint density at radius 3 is 2.94 bits per heavy atom. The zero-order valence-electron chi connectivity index (χ0n) is 9.59. The van der Waals surface area contributed by atoms with Crippen LogP contribution in [0, 0.1) is 0 Å². The minimum absolute atomic E-state index is 0.308. The highest BCUT2D eigenvalue weighted by Gasteiger charge is 2.32. The lowest BCUT2D eigenvalue weighted by atomic mass is 10.0. The fourth-order valence-corrected chi connectivity index (χ4v) is 4.02. The highest BCUT2D eigenvalue weighted by molar-refractivity contribution is 7.89. The van der Waals surface area contributed by atoms with E-state index in [1.54, 1.807) is 12.1 Å². The highest BCUT2D eigenvalue weighted by Crippen LogP contribution is 2.32. The summed E-state index contributed by atoms with van der Waals surface area (Å²) < 4.78 is 26.9. The molecule has 0 aromatic heterocycles. The maximum absolute atomic E-state index is 12.1. The van der Waals surface area contributed by atoms with E-state index < -0.39 is 10.0 Å². The van der Waals surface area contributed by atoms with Gasteiger partial charge in [-0.1, -0.05) is 12.1 Å². The van der Waals surface area contributed by atoms with Crippen LogP contribution >= 0.6 is 0 Å². The molecule has 1 N–H and O–H groups in total. The summed E-state index contributed by atoms with van der Waals surface area (Å²) >= 11 is 0. The molecular formula is C12H16N2O2S. The second-order valence-corrected chi connectivity index (χ2v) is 6.40. The number of sulfonamides is 1. The fourth-order valence-electron chi connectivity index (χ4n) is 2.74. The average molecular weight is 252 g/mol. The lowest BCUT2D eigenvalue weighted by molar-refractivity contribution is 0.457. The molecule has 2 aliphatic heterocycles. The van der Waals surface area contributed by atoms with Crippen molar-refractivity contribution in [2.75, 3.05) is 18.0 Å². The summed E-state index contributed by atoms with van der Waals surface area (Å²) in [6.45, 7) is 1.48. The van der Waals surface area contributed by atoms with Gasteiger partial charge in [0.05, 0.1) is 5.69 Å². The Kier molecular flexibility index (Phi) is 2.60. The topological polar surface area (TPSA) is 49.4 Å². The maximum atomic E-state index is 12.1. The van der Waals surface area contributed by atoms with Crippen LogP contribution in [-0.2, 0) is 10.0 Å². The van der Waals surface area contributed by atoms with Gasteiger partial charge in [0.2, 0.25) is 10.0 Å². The van der Waals surface area contributed by atoms with E-state index in [-0.39, 0.29) is 0 Å². The van der Waals surface area contributed by atoms with Crippen LogP contribution in [0.2, 0.25) is 0 Å². The number of fused-ring (bicyclic) bond motifs is 3. The molecule has 5 heteroatoms. The van der Waals surface area contributed by atoms with Crippen LogP contribution < -0.4 is 9.62 Å². The van der Waals surface area contributed by atoms with Gasteiger partial charge in [-0.3, -0.25) is 0 Å². The van der Waals surface area contributed by atoms with Crippen molar-refractivity contribution in [3.05, 3.63) is 24.3 Å². The predicted octanol–water partition coefficient (Wildman–Crippen LogP) is 1.34. The molecule has 0 spiro atoms. The number of para-hydroxylation sites is 1. The van der Waals surface area contributed by atoms with Crippen molar-refractivity contribution in [3.63, 3.8) is 0 Å². The Balaban J connectivity index is 2.15. The van der Waals surface area contributed by atoms with E-state index in [1.807, 2.05) is 12.1 Å². The Hall–Kier alpha value is -1.07. The second kappa shape index (κ2) is 3.99. The molecule has 1 aromatic carbocycles. The monoisotopic (exact) mass is 252 g/mol. The lowest BCUT2D eigenvalue weighted by Gasteiger charge is -2.36. The Bertz CT molecular complexity index is 527. The van der Waals surface area contributed by atoms with Crippen molar-refractivity contribution < 1.29 is 8.42 Å². The number of nitrogens with zero attached hydrogens (tertiary/aromatic N) is 1. The van der Waals surface area contributed by atoms with E-state index in [4.69, 9.17) is 0 Å². The van der Waals surface area contributed by atoms with Gasteiger partial charge in [-0.25, -0.2) is 13.1 Å². The highest BCUT2D eigenvalue weighted by atomic mass is 32.2. The van der Waals surface area contributed by atoms with Crippen molar-refractivity contribution in [1.29, 1.82) is 0 Å². The Morgan fingerprint density at radius 1 is 1.24 bits per heavy atom. The summed E-state index contributed by atoms with van der Waals surface area (Å²) in [7, 11) is -3.33. The first kappa shape index (κ1) is 11.0. The zero-order valence-corrected chi connectivity index (χ0v) is 10.4. The smallest absolute Gasteiger partial charge is 0.242 e. The van der Waals surface area contributed by atoms with E-state index in [1.165, 1.54) is 6.42 Å². The quantitative estimate of drug-likeness (QED) is 0.758. The Labute approximate surface area is 102 Å². The summed E-state index contributed by atoms with van der Waals surface area (Å²) in [5.41, 5.74) is 0.863. The van der Waals surface area contributed by atoms with Crippen molar-refractivity contribution >= 4 is 15.7 Å². The molecule has 0 radical (unpaired) electrons. The van der Waals surface area contributed by atoms with Gasteiger partial charge in [0.1, 0.15) is 4.90 Å². The number of piperidine rings is 1.